The van der Waals surface area contributed by atoms with Crippen LogP contribution < -0.4 is 5.32 Å². The zero-order chi connectivity index (χ0) is 16.1. The van der Waals surface area contributed by atoms with E-state index in [1.165, 1.54) is 0 Å². The standard InChI is InChI=1S/C15H23NO4S/c1-15(2,3)14(11-20-21(4,18)19)16-10-13(17)12-8-6-5-7-9-12/h5-9,14,16H,10-11H2,1-4H3/t14-/m1/s1. The quantitative estimate of drug-likeness (QED) is 0.614. The van der Waals surface area contributed by atoms with Crippen LogP contribution in [0, 0.1) is 5.41 Å². The fourth-order valence-corrected chi connectivity index (χ4v) is 2.13. The van der Waals surface area contributed by atoms with Crippen LogP contribution in [0.25, 0.3) is 0 Å². The first-order chi connectivity index (χ1) is 9.59. The van der Waals surface area contributed by atoms with E-state index in [0.29, 0.717) is 5.56 Å². The number of carbonyl (C=O) groups excluding carboxylic acids is 1. The van der Waals surface area contributed by atoms with Crippen LogP contribution in [0.2, 0.25) is 0 Å². The summed E-state index contributed by atoms with van der Waals surface area (Å²) in [7, 11) is -3.50. The molecule has 0 radical (unpaired) electrons. The summed E-state index contributed by atoms with van der Waals surface area (Å²) < 4.78 is 27.1. The SMILES string of the molecule is CC(C)(C)[C@@H](COS(C)(=O)=O)NCC(=O)c1ccccc1. The largest absolute Gasteiger partial charge is 0.304 e. The van der Waals surface area contributed by atoms with Gasteiger partial charge >= 0.3 is 0 Å². The second-order valence-corrected chi connectivity index (χ2v) is 7.72. The molecule has 0 aliphatic carbocycles. The van der Waals surface area contributed by atoms with Crippen LogP contribution in [0.3, 0.4) is 0 Å². The minimum atomic E-state index is -3.50. The molecule has 0 aromatic heterocycles. The first-order valence-corrected chi connectivity index (χ1v) is 8.57. The van der Waals surface area contributed by atoms with E-state index in [1.807, 2.05) is 26.8 Å². The molecule has 0 bridgehead atoms. The van der Waals surface area contributed by atoms with Crippen LogP contribution in [-0.4, -0.2) is 39.7 Å². The molecular weight excluding hydrogens is 290 g/mol. The fraction of sp³-hybridized carbons (Fsp3) is 0.533. The second-order valence-electron chi connectivity index (χ2n) is 6.08. The van der Waals surface area contributed by atoms with Gasteiger partial charge in [0.1, 0.15) is 0 Å². The Morgan fingerprint density at radius 3 is 2.29 bits per heavy atom. The zero-order valence-corrected chi connectivity index (χ0v) is 13.7. The molecule has 0 aliphatic rings. The monoisotopic (exact) mass is 313 g/mol. The lowest BCUT2D eigenvalue weighted by molar-refractivity contribution is 0.0968. The summed E-state index contributed by atoms with van der Waals surface area (Å²) >= 11 is 0. The second kappa shape index (κ2) is 7.15. The minimum absolute atomic E-state index is 0.00437. The lowest BCUT2D eigenvalue weighted by Crippen LogP contribution is -2.46. The van der Waals surface area contributed by atoms with Gasteiger partial charge in [0.15, 0.2) is 5.78 Å². The van der Waals surface area contributed by atoms with Gasteiger partial charge in [-0.1, -0.05) is 51.1 Å². The van der Waals surface area contributed by atoms with Crippen LogP contribution in [0.15, 0.2) is 30.3 Å². The summed E-state index contributed by atoms with van der Waals surface area (Å²) in [6.45, 7) is 6.03. The molecule has 0 saturated heterocycles. The summed E-state index contributed by atoms with van der Waals surface area (Å²) in [6.07, 6.45) is 1.02. The number of nitrogens with one attached hydrogen (secondary N) is 1. The van der Waals surface area contributed by atoms with Gasteiger partial charge < -0.3 is 5.32 Å². The molecule has 0 saturated carbocycles. The third-order valence-electron chi connectivity index (χ3n) is 3.10. The highest BCUT2D eigenvalue weighted by atomic mass is 32.2. The molecule has 118 valence electrons. The van der Waals surface area contributed by atoms with Crippen molar-refractivity contribution in [2.75, 3.05) is 19.4 Å². The molecular formula is C15H23NO4S. The lowest BCUT2D eigenvalue weighted by atomic mass is 9.87. The van der Waals surface area contributed by atoms with E-state index in [9.17, 15) is 13.2 Å². The van der Waals surface area contributed by atoms with Gasteiger partial charge in [-0.3, -0.25) is 8.98 Å². The highest BCUT2D eigenvalue weighted by molar-refractivity contribution is 7.85. The predicted molar refractivity (Wildman–Crippen MR) is 82.8 cm³/mol. The van der Waals surface area contributed by atoms with Crippen LogP contribution >= 0.6 is 0 Å². The van der Waals surface area contributed by atoms with Gasteiger partial charge in [0.05, 0.1) is 19.4 Å². The molecule has 0 unspecified atom stereocenters. The van der Waals surface area contributed by atoms with Gasteiger partial charge in [0.25, 0.3) is 10.1 Å². The zero-order valence-electron chi connectivity index (χ0n) is 12.9. The van der Waals surface area contributed by atoms with Gasteiger partial charge in [-0.05, 0) is 5.41 Å². The third kappa shape index (κ3) is 6.84. The van der Waals surface area contributed by atoms with Gasteiger partial charge in [-0.15, -0.1) is 0 Å². The molecule has 1 atom stereocenters. The Morgan fingerprint density at radius 2 is 1.81 bits per heavy atom. The van der Waals surface area contributed by atoms with E-state index >= 15 is 0 Å². The average Bonchev–Trinajstić information content (AvgIpc) is 2.36. The van der Waals surface area contributed by atoms with E-state index in [4.69, 9.17) is 4.18 Å². The van der Waals surface area contributed by atoms with Crippen molar-refractivity contribution in [3.63, 3.8) is 0 Å². The topological polar surface area (TPSA) is 72.5 Å². The van der Waals surface area contributed by atoms with Gasteiger partial charge in [0, 0.05) is 11.6 Å². The van der Waals surface area contributed by atoms with E-state index < -0.39 is 10.1 Å². The average molecular weight is 313 g/mol. The predicted octanol–water partition coefficient (Wildman–Crippen LogP) is 1.85. The highest BCUT2D eigenvalue weighted by Gasteiger charge is 2.26. The molecule has 1 aromatic rings. The summed E-state index contributed by atoms with van der Waals surface area (Å²) in [6, 6.07) is 8.72. The summed E-state index contributed by atoms with van der Waals surface area (Å²) in [5, 5.41) is 3.09. The van der Waals surface area contributed by atoms with Gasteiger partial charge in [0.2, 0.25) is 0 Å². The number of hydrogen-bond acceptors (Lipinski definition) is 5. The summed E-state index contributed by atoms with van der Waals surface area (Å²) in [5.74, 6) is -0.0378. The van der Waals surface area contributed by atoms with E-state index in [-0.39, 0.29) is 30.4 Å². The summed E-state index contributed by atoms with van der Waals surface area (Å²) in [4.78, 5) is 12.1. The summed E-state index contributed by atoms with van der Waals surface area (Å²) in [5.41, 5.74) is 0.392. The maximum absolute atomic E-state index is 12.1. The Morgan fingerprint density at radius 1 is 1.24 bits per heavy atom. The van der Waals surface area contributed by atoms with Crippen molar-refractivity contribution in [2.24, 2.45) is 5.41 Å². The highest BCUT2D eigenvalue weighted by Crippen LogP contribution is 2.20. The lowest BCUT2D eigenvalue weighted by Gasteiger charge is -2.30. The number of ketones is 1. The molecule has 0 fully saturated rings. The Kier molecular flexibility index (Phi) is 6.07. The maximum atomic E-state index is 12.1. The fourth-order valence-electron chi connectivity index (χ4n) is 1.75. The van der Waals surface area contributed by atoms with Crippen molar-refractivity contribution in [3.8, 4) is 0 Å². The molecule has 0 heterocycles. The van der Waals surface area contributed by atoms with Crippen molar-refractivity contribution in [3.05, 3.63) is 35.9 Å². The third-order valence-corrected chi connectivity index (χ3v) is 3.66. The molecule has 0 amide bonds. The van der Waals surface area contributed by atoms with Crippen LogP contribution in [-0.2, 0) is 14.3 Å². The minimum Gasteiger partial charge on any atom is -0.304 e. The molecule has 0 spiro atoms. The Bertz CT molecular complexity index is 561. The molecule has 6 heteroatoms. The molecule has 1 aromatic carbocycles. The maximum Gasteiger partial charge on any atom is 0.264 e. The van der Waals surface area contributed by atoms with Crippen molar-refractivity contribution >= 4 is 15.9 Å². The van der Waals surface area contributed by atoms with Crippen LogP contribution in [0.1, 0.15) is 31.1 Å². The Hall–Kier alpha value is -1.24. The van der Waals surface area contributed by atoms with Crippen molar-refractivity contribution in [1.29, 1.82) is 0 Å². The number of Topliss-reactive ketones (excluding diaryl/α,β-unsaturated/α-hetero) is 1. The smallest absolute Gasteiger partial charge is 0.264 e. The molecule has 0 aliphatic heterocycles. The van der Waals surface area contributed by atoms with Crippen LogP contribution in [0.4, 0.5) is 0 Å². The molecule has 1 rings (SSSR count). The molecule has 5 nitrogen and oxygen atoms in total. The van der Waals surface area contributed by atoms with Crippen molar-refractivity contribution < 1.29 is 17.4 Å². The van der Waals surface area contributed by atoms with E-state index in [1.54, 1.807) is 24.3 Å². The number of carbonyl (C=O) groups is 1. The Labute approximate surface area is 126 Å². The number of benzene rings is 1. The van der Waals surface area contributed by atoms with Crippen LogP contribution in [0.5, 0.6) is 0 Å². The first kappa shape index (κ1) is 17.8. The van der Waals surface area contributed by atoms with Crippen molar-refractivity contribution in [1.82, 2.24) is 5.32 Å². The Balaban J connectivity index is 2.64. The van der Waals surface area contributed by atoms with Gasteiger partial charge in [-0.2, -0.15) is 8.42 Å². The molecule has 21 heavy (non-hydrogen) atoms. The number of hydrogen-bond donors (Lipinski definition) is 1. The van der Waals surface area contributed by atoms with E-state index in [2.05, 4.69) is 5.32 Å². The van der Waals surface area contributed by atoms with E-state index in [0.717, 1.165) is 6.26 Å². The first-order valence-electron chi connectivity index (χ1n) is 6.75. The normalized spacial score (nSPS) is 13.9. The van der Waals surface area contributed by atoms with Crippen molar-refractivity contribution in [2.45, 2.75) is 26.8 Å². The van der Waals surface area contributed by atoms with Gasteiger partial charge in [-0.25, -0.2) is 0 Å². The number of rotatable bonds is 7. The molecule has 1 N–H and O–H groups in total.